The van der Waals surface area contributed by atoms with E-state index in [1.54, 1.807) is 6.92 Å². The molecule has 7 heteroatoms. The maximum atomic E-state index is 12.1. The standard InChI is InChI=1S/C12H13N3O4/c1-6-5-7(11(17)19-4)13-9-8(6)10(16)15(3)12(18)14(9)2/h5H,1-4H3. The zero-order chi connectivity index (χ0) is 14.3. The number of hydrogen-bond donors (Lipinski definition) is 0. The predicted octanol–water partition coefficient (Wildman–Crippen LogP) is -0.273. The van der Waals surface area contributed by atoms with Gasteiger partial charge in [0.25, 0.3) is 5.56 Å². The van der Waals surface area contributed by atoms with Crippen molar-refractivity contribution in [3.8, 4) is 0 Å². The number of methoxy groups -OCH3 is 1. The molecule has 2 heterocycles. The van der Waals surface area contributed by atoms with Gasteiger partial charge < -0.3 is 4.74 Å². The van der Waals surface area contributed by atoms with E-state index >= 15 is 0 Å². The Labute approximate surface area is 108 Å². The van der Waals surface area contributed by atoms with E-state index < -0.39 is 17.2 Å². The van der Waals surface area contributed by atoms with Gasteiger partial charge in [0.05, 0.1) is 12.5 Å². The number of pyridine rings is 1. The maximum absolute atomic E-state index is 12.1. The second-order valence-electron chi connectivity index (χ2n) is 4.22. The molecule has 0 unspecified atom stereocenters. The van der Waals surface area contributed by atoms with Crippen molar-refractivity contribution in [3.63, 3.8) is 0 Å². The number of carbonyl (C=O) groups excluding carboxylic acids is 1. The van der Waals surface area contributed by atoms with E-state index in [1.807, 2.05) is 0 Å². The summed E-state index contributed by atoms with van der Waals surface area (Å²) in [6, 6.07) is 1.47. The lowest BCUT2D eigenvalue weighted by Gasteiger charge is -2.09. The Hall–Kier alpha value is -2.44. The van der Waals surface area contributed by atoms with Gasteiger partial charge in [0.1, 0.15) is 0 Å². The summed E-state index contributed by atoms with van der Waals surface area (Å²) in [6.45, 7) is 1.68. The molecule has 0 bridgehead atoms. The average Bonchev–Trinajstić information content (AvgIpc) is 2.40. The molecule has 0 fully saturated rings. The fourth-order valence-electron chi connectivity index (χ4n) is 1.94. The zero-order valence-corrected chi connectivity index (χ0v) is 11.1. The Morgan fingerprint density at radius 3 is 2.47 bits per heavy atom. The molecule has 0 radical (unpaired) electrons. The minimum atomic E-state index is -0.613. The average molecular weight is 263 g/mol. The van der Waals surface area contributed by atoms with E-state index in [1.165, 1.54) is 31.8 Å². The molecule has 19 heavy (non-hydrogen) atoms. The third-order valence-corrected chi connectivity index (χ3v) is 3.00. The van der Waals surface area contributed by atoms with Crippen molar-refractivity contribution in [1.29, 1.82) is 0 Å². The molecule has 0 atom stereocenters. The van der Waals surface area contributed by atoms with Gasteiger partial charge in [-0.05, 0) is 18.6 Å². The van der Waals surface area contributed by atoms with Crippen LogP contribution in [-0.2, 0) is 18.8 Å². The van der Waals surface area contributed by atoms with Gasteiger partial charge in [0.2, 0.25) is 0 Å². The number of ether oxygens (including phenoxy) is 1. The fraction of sp³-hybridized carbons (Fsp3) is 0.333. The van der Waals surface area contributed by atoms with Crippen LogP contribution < -0.4 is 11.2 Å². The number of hydrogen-bond acceptors (Lipinski definition) is 5. The van der Waals surface area contributed by atoms with Gasteiger partial charge in [-0.2, -0.15) is 0 Å². The van der Waals surface area contributed by atoms with Gasteiger partial charge in [-0.15, -0.1) is 0 Å². The summed E-state index contributed by atoms with van der Waals surface area (Å²) >= 11 is 0. The van der Waals surface area contributed by atoms with Crippen molar-refractivity contribution in [2.75, 3.05) is 7.11 Å². The number of rotatable bonds is 1. The summed E-state index contributed by atoms with van der Waals surface area (Å²) in [4.78, 5) is 39.4. The molecule has 100 valence electrons. The Bertz CT molecular complexity index is 801. The molecule has 2 aromatic rings. The molecule has 0 aliphatic rings. The van der Waals surface area contributed by atoms with Gasteiger partial charge >= 0.3 is 11.7 Å². The van der Waals surface area contributed by atoms with Crippen molar-refractivity contribution < 1.29 is 9.53 Å². The highest BCUT2D eigenvalue weighted by Gasteiger charge is 2.16. The number of nitrogens with zero attached hydrogens (tertiary/aromatic N) is 3. The molecule has 0 spiro atoms. The highest BCUT2D eigenvalue weighted by Crippen LogP contribution is 2.13. The van der Waals surface area contributed by atoms with E-state index in [0.717, 1.165) is 4.57 Å². The first-order valence-electron chi connectivity index (χ1n) is 5.54. The molecule has 0 aromatic carbocycles. The molecule has 0 saturated heterocycles. The zero-order valence-electron chi connectivity index (χ0n) is 11.1. The quantitative estimate of drug-likeness (QED) is 0.661. The van der Waals surface area contributed by atoms with Crippen LogP contribution in [-0.4, -0.2) is 27.2 Å². The summed E-state index contributed by atoms with van der Waals surface area (Å²) in [5.74, 6) is -0.613. The number of aryl methyl sites for hydroxylation is 2. The molecule has 0 N–H and O–H groups in total. The summed E-state index contributed by atoms with van der Waals surface area (Å²) in [6.07, 6.45) is 0. The van der Waals surface area contributed by atoms with Crippen LogP contribution >= 0.6 is 0 Å². The van der Waals surface area contributed by atoms with E-state index in [-0.39, 0.29) is 11.3 Å². The molecule has 0 aliphatic carbocycles. The summed E-state index contributed by atoms with van der Waals surface area (Å²) < 4.78 is 6.83. The van der Waals surface area contributed by atoms with Crippen LogP contribution in [0, 0.1) is 6.92 Å². The maximum Gasteiger partial charge on any atom is 0.356 e. The molecule has 0 amide bonds. The lowest BCUT2D eigenvalue weighted by Crippen LogP contribution is -2.37. The van der Waals surface area contributed by atoms with E-state index in [2.05, 4.69) is 9.72 Å². The van der Waals surface area contributed by atoms with Gasteiger partial charge in [-0.25, -0.2) is 14.6 Å². The molecule has 0 aliphatic heterocycles. The van der Waals surface area contributed by atoms with Crippen molar-refractivity contribution in [2.45, 2.75) is 6.92 Å². The topological polar surface area (TPSA) is 83.2 Å². The monoisotopic (exact) mass is 263 g/mol. The van der Waals surface area contributed by atoms with Crippen LogP contribution in [0.5, 0.6) is 0 Å². The lowest BCUT2D eigenvalue weighted by atomic mass is 10.1. The first-order valence-corrected chi connectivity index (χ1v) is 5.54. The van der Waals surface area contributed by atoms with E-state index in [9.17, 15) is 14.4 Å². The van der Waals surface area contributed by atoms with Gasteiger partial charge in [0.15, 0.2) is 11.3 Å². The fourth-order valence-corrected chi connectivity index (χ4v) is 1.94. The van der Waals surface area contributed by atoms with Crippen LogP contribution in [0.3, 0.4) is 0 Å². The van der Waals surface area contributed by atoms with Gasteiger partial charge in [-0.3, -0.25) is 13.9 Å². The highest BCUT2D eigenvalue weighted by atomic mass is 16.5. The Morgan fingerprint density at radius 1 is 1.26 bits per heavy atom. The smallest absolute Gasteiger partial charge is 0.356 e. The van der Waals surface area contributed by atoms with Crippen LogP contribution in [0.25, 0.3) is 11.0 Å². The molecular formula is C12H13N3O4. The second kappa shape index (κ2) is 4.34. The normalized spacial score (nSPS) is 10.7. The van der Waals surface area contributed by atoms with Gasteiger partial charge in [0, 0.05) is 14.1 Å². The predicted molar refractivity (Wildman–Crippen MR) is 68.3 cm³/mol. The summed E-state index contributed by atoms with van der Waals surface area (Å²) in [7, 11) is 4.14. The third kappa shape index (κ3) is 1.83. The van der Waals surface area contributed by atoms with Crippen LogP contribution in [0.4, 0.5) is 0 Å². The molecule has 2 rings (SSSR count). The SMILES string of the molecule is COC(=O)c1cc(C)c2c(=O)n(C)c(=O)n(C)c2n1. The summed E-state index contributed by atoms with van der Waals surface area (Å²) in [5.41, 5.74) is -0.114. The van der Waals surface area contributed by atoms with Crippen molar-refractivity contribution >= 4 is 17.0 Å². The third-order valence-electron chi connectivity index (χ3n) is 3.00. The van der Waals surface area contributed by atoms with Crippen molar-refractivity contribution in [3.05, 3.63) is 38.2 Å². The van der Waals surface area contributed by atoms with Crippen molar-refractivity contribution in [2.24, 2.45) is 14.1 Å². The van der Waals surface area contributed by atoms with Crippen LogP contribution in [0.2, 0.25) is 0 Å². The van der Waals surface area contributed by atoms with Crippen LogP contribution in [0.1, 0.15) is 16.1 Å². The van der Waals surface area contributed by atoms with Crippen molar-refractivity contribution in [1.82, 2.24) is 14.1 Å². The number of fused-ring (bicyclic) bond motifs is 1. The lowest BCUT2D eigenvalue weighted by molar-refractivity contribution is 0.0594. The Morgan fingerprint density at radius 2 is 1.89 bits per heavy atom. The number of esters is 1. The first-order chi connectivity index (χ1) is 8.88. The minimum Gasteiger partial charge on any atom is -0.464 e. The second-order valence-corrected chi connectivity index (χ2v) is 4.22. The summed E-state index contributed by atoms with van der Waals surface area (Å²) in [5, 5.41) is 0.317. The highest BCUT2D eigenvalue weighted by molar-refractivity contribution is 5.91. The molecular weight excluding hydrogens is 250 g/mol. The molecule has 2 aromatic heterocycles. The number of carbonyl (C=O) groups is 1. The van der Waals surface area contributed by atoms with E-state index in [4.69, 9.17) is 0 Å². The van der Waals surface area contributed by atoms with E-state index in [0.29, 0.717) is 10.9 Å². The van der Waals surface area contributed by atoms with Gasteiger partial charge in [-0.1, -0.05) is 0 Å². The first kappa shape index (κ1) is 13.0. The number of aromatic nitrogens is 3. The van der Waals surface area contributed by atoms with Crippen LogP contribution in [0.15, 0.2) is 15.7 Å². The Balaban J connectivity index is 3.02. The molecule has 0 saturated carbocycles. The minimum absolute atomic E-state index is 0.0655. The Kier molecular flexibility index (Phi) is 2.97. The molecule has 7 nitrogen and oxygen atoms in total. The largest absolute Gasteiger partial charge is 0.464 e.